The van der Waals surface area contributed by atoms with Crippen molar-refractivity contribution in [3.8, 4) is 0 Å². The predicted molar refractivity (Wildman–Crippen MR) is 98.2 cm³/mol. The average molecular weight is 345 g/mol. The molecule has 0 amide bonds. The minimum absolute atomic E-state index is 0.0386. The van der Waals surface area contributed by atoms with Crippen molar-refractivity contribution >= 4 is 29.2 Å². The maximum Gasteiger partial charge on any atom is 0.343 e. The van der Waals surface area contributed by atoms with E-state index in [9.17, 15) is 4.79 Å². The van der Waals surface area contributed by atoms with Crippen molar-refractivity contribution in [2.45, 2.75) is 38.3 Å². The fourth-order valence-corrected chi connectivity index (χ4v) is 2.63. The Morgan fingerprint density at radius 3 is 2.62 bits per heavy atom. The van der Waals surface area contributed by atoms with E-state index >= 15 is 0 Å². The number of anilines is 2. The highest BCUT2D eigenvalue weighted by molar-refractivity contribution is 7.98. The van der Waals surface area contributed by atoms with Crippen molar-refractivity contribution in [3.05, 3.63) is 41.6 Å². The molecule has 128 valence electrons. The van der Waals surface area contributed by atoms with Crippen molar-refractivity contribution in [2.75, 3.05) is 18.2 Å². The van der Waals surface area contributed by atoms with Gasteiger partial charge < -0.3 is 10.1 Å². The van der Waals surface area contributed by atoms with Crippen molar-refractivity contribution in [1.29, 1.82) is 0 Å². The number of rotatable bonds is 5. The van der Waals surface area contributed by atoms with Gasteiger partial charge in [0.15, 0.2) is 5.16 Å². The zero-order chi connectivity index (χ0) is 17.7. The third-order valence-corrected chi connectivity index (χ3v) is 3.99. The Bertz CT molecular complexity index is 726. The molecular weight excluding hydrogens is 322 g/mol. The topological polar surface area (TPSA) is 64.1 Å². The van der Waals surface area contributed by atoms with Crippen molar-refractivity contribution < 1.29 is 9.53 Å². The highest BCUT2D eigenvalue weighted by atomic mass is 32.2. The van der Waals surface area contributed by atoms with E-state index in [2.05, 4.69) is 42.1 Å². The van der Waals surface area contributed by atoms with Gasteiger partial charge in [-0.2, -0.15) is 0 Å². The summed E-state index contributed by atoms with van der Waals surface area (Å²) in [7, 11) is 0. The zero-order valence-electron chi connectivity index (χ0n) is 14.7. The van der Waals surface area contributed by atoms with Crippen LogP contribution in [0.25, 0.3) is 0 Å². The number of nitrogens with one attached hydrogen (secondary N) is 1. The molecule has 5 nitrogen and oxygen atoms in total. The lowest BCUT2D eigenvalue weighted by Crippen LogP contribution is -2.15. The van der Waals surface area contributed by atoms with Gasteiger partial charge in [0.25, 0.3) is 0 Å². The number of hydrogen-bond acceptors (Lipinski definition) is 6. The molecule has 0 bridgehead atoms. The van der Waals surface area contributed by atoms with Gasteiger partial charge >= 0.3 is 5.97 Å². The van der Waals surface area contributed by atoms with E-state index in [0.717, 1.165) is 11.3 Å². The summed E-state index contributed by atoms with van der Waals surface area (Å²) in [4.78, 5) is 20.8. The van der Waals surface area contributed by atoms with Gasteiger partial charge in [0.05, 0.1) is 6.61 Å². The standard InChI is InChI=1S/C18H23N3O2S/c1-6-23-16(22)12-11-19-17(24-5)21-15(12)20-14-10-8-7-9-13(14)18(2,3)4/h7-11H,6H2,1-5H3,(H,19,20,21). The van der Waals surface area contributed by atoms with E-state index in [-0.39, 0.29) is 5.41 Å². The van der Waals surface area contributed by atoms with Crippen molar-refractivity contribution in [2.24, 2.45) is 0 Å². The molecule has 0 radical (unpaired) electrons. The van der Waals surface area contributed by atoms with Crippen LogP contribution in [0.4, 0.5) is 11.5 Å². The lowest BCUT2D eigenvalue weighted by Gasteiger charge is -2.23. The predicted octanol–water partition coefficient (Wildman–Crippen LogP) is 4.42. The monoisotopic (exact) mass is 345 g/mol. The molecule has 1 aromatic carbocycles. The second kappa shape index (κ2) is 7.66. The molecule has 0 aliphatic carbocycles. The van der Waals surface area contributed by atoms with E-state index in [1.54, 1.807) is 6.92 Å². The first-order chi connectivity index (χ1) is 11.4. The molecule has 0 unspecified atom stereocenters. The summed E-state index contributed by atoms with van der Waals surface area (Å²) in [5.41, 5.74) is 2.35. The number of thioether (sulfide) groups is 1. The van der Waals surface area contributed by atoms with E-state index in [0.29, 0.717) is 23.1 Å². The van der Waals surface area contributed by atoms with Crippen LogP contribution in [-0.2, 0) is 10.2 Å². The maximum absolute atomic E-state index is 12.2. The molecule has 0 spiro atoms. The van der Waals surface area contributed by atoms with E-state index in [4.69, 9.17) is 4.74 Å². The molecule has 0 saturated heterocycles. The van der Waals surface area contributed by atoms with Crippen molar-refractivity contribution in [1.82, 2.24) is 9.97 Å². The Hall–Kier alpha value is -2.08. The van der Waals surface area contributed by atoms with Crippen LogP contribution in [0.5, 0.6) is 0 Å². The summed E-state index contributed by atoms with van der Waals surface area (Å²) in [6.45, 7) is 8.52. The molecule has 1 heterocycles. The van der Waals surface area contributed by atoms with Crippen LogP contribution >= 0.6 is 11.8 Å². The Labute approximate surface area is 147 Å². The normalized spacial score (nSPS) is 11.2. The van der Waals surface area contributed by atoms with Gasteiger partial charge in [0, 0.05) is 11.9 Å². The van der Waals surface area contributed by atoms with Crippen LogP contribution < -0.4 is 5.32 Å². The second-order valence-electron chi connectivity index (χ2n) is 6.26. The van der Waals surface area contributed by atoms with E-state index in [1.807, 2.05) is 24.5 Å². The minimum Gasteiger partial charge on any atom is -0.462 e. The fraction of sp³-hybridized carbons (Fsp3) is 0.389. The van der Waals surface area contributed by atoms with Gasteiger partial charge in [-0.05, 0) is 30.2 Å². The quantitative estimate of drug-likeness (QED) is 0.492. The molecule has 2 aromatic rings. The molecule has 1 N–H and O–H groups in total. The third-order valence-electron chi connectivity index (χ3n) is 3.43. The van der Waals surface area contributed by atoms with Gasteiger partial charge in [-0.3, -0.25) is 0 Å². The summed E-state index contributed by atoms with van der Waals surface area (Å²) in [6.07, 6.45) is 3.41. The summed E-state index contributed by atoms with van der Waals surface area (Å²) in [6, 6.07) is 8.02. The number of carbonyl (C=O) groups excluding carboxylic acids is 1. The number of ether oxygens (including phenoxy) is 1. The van der Waals surface area contributed by atoms with Gasteiger partial charge in [-0.1, -0.05) is 50.7 Å². The van der Waals surface area contributed by atoms with Crippen molar-refractivity contribution in [3.63, 3.8) is 0 Å². The smallest absolute Gasteiger partial charge is 0.343 e. The summed E-state index contributed by atoms with van der Waals surface area (Å²) in [5.74, 6) is 0.0328. The highest BCUT2D eigenvalue weighted by Gasteiger charge is 2.21. The number of aromatic nitrogens is 2. The molecule has 0 atom stereocenters. The molecule has 6 heteroatoms. The first kappa shape index (κ1) is 18.3. The van der Waals surface area contributed by atoms with Crippen LogP contribution in [0.2, 0.25) is 0 Å². The van der Waals surface area contributed by atoms with E-state index in [1.165, 1.54) is 18.0 Å². The SMILES string of the molecule is CCOC(=O)c1cnc(SC)nc1Nc1ccccc1C(C)(C)C. The Morgan fingerprint density at radius 1 is 1.29 bits per heavy atom. The molecule has 0 fully saturated rings. The number of esters is 1. The summed E-state index contributed by atoms with van der Waals surface area (Å²) < 4.78 is 5.11. The number of hydrogen-bond donors (Lipinski definition) is 1. The van der Waals surface area contributed by atoms with E-state index < -0.39 is 5.97 Å². The first-order valence-corrected chi connectivity index (χ1v) is 9.04. The minimum atomic E-state index is -0.430. The maximum atomic E-state index is 12.2. The Balaban J connectivity index is 2.47. The van der Waals surface area contributed by atoms with Gasteiger partial charge in [0.2, 0.25) is 0 Å². The Morgan fingerprint density at radius 2 is 2.00 bits per heavy atom. The fourth-order valence-electron chi connectivity index (χ4n) is 2.29. The van der Waals surface area contributed by atoms with Crippen LogP contribution in [0, 0.1) is 0 Å². The van der Waals surface area contributed by atoms with Crippen LogP contribution in [0.3, 0.4) is 0 Å². The van der Waals surface area contributed by atoms with Gasteiger partial charge in [0.1, 0.15) is 11.4 Å². The molecule has 0 aliphatic heterocycles. The van der Waals surface area contributed by atoms with Crippen LogP contribution in [0.1, 0.15) is 43.6 Å². The highest BCUT2D eigenvalue weighted by Crippen LogP contribution is 2.32. The largest absolute Gasteiger partial charge is 0.462 e. The average Bonchev–Trinajstić information content (AvgIpc) is 2.54. The number of benzene rings is 1. The molecule has 0 aliphatic rings. The lowest BCUT2D eigenvalue weighted by atomic mass is 9.86. The van der Waals surface area contributed by atoms with Crippen LogP contribution in [0.15, 0.2) is 35.6 Å². The molecule has 1 aromatic heterocycles. The number of carbonyl (C=O) groups is 1. The summed E-state index contributed by atoms with van der Waals surface area (Å²) >= 11 is 1.42. The third kappa shape index (κ3) is 4.26. The zero-order valence-corrected chi connectivity index (χ0v) is 15.5. The van der Waals surface area contributed by atoms with Crippen LogP contribution in [-0.4, -0.2) is 28.8 Å². The molecule has 2 rings (SSSR count). The molecule has 0 saturated carbocycles. The first-order valence-electron chi connectivity index (χ1n) is 7.81. The second-order valence-corrected chi connectivity index (χ2v) is 7.03. The number of nitrogens with zero attached hydrogens (tertiary/aromatic N) is 2. The summed E-state index contributed by atoms with van der Waals surface area (Å²) in [5, 5.41) is 3.89. The van der Waals surface area contributed by atoms with Gasteiger partial charge in [-0.25, -0.2) is 14.8 Å². The molecular formula is C18H23N3O2S. The lowest BCUT2D eigenvalue weighted by molar-refractivity contribution is 0.0526. The van der Waals surface area contributed by atoms with Gasteiger partial charge in [-0.15, -0.1) is 0 Å². The molecule has 24 heavy (non-hydrogen) atoms. The Kier molecular flexibility index (Phi) is 5.83. The number of para-hydroxylation sites is 1.